The summed E-state index contributed by atoms with van der Waals surface area (Å²) in [5.41, 5.74) is 2.07. The molecule has 2 aromatic carbocycles. The van der Waals surface area contributed by atoms with Crippen LogP contribution in [0.4, 0.5) is 14.5 Å². The SMILES string of the molecule is COc1ccc(NC(=O)C[C@@H]2c3ccccc3C=CN2C(C)=O)cc1OC(F)F. The van der Waals surface area contributed by atoms with E-state index in [1.54, 1.807) is 6.20 Å². The molecule has 1 atom stereocenters. The number of fused-ring (bicyclic) bond motifs is 1. The number of nitrogens with zero attached hydrogens (tertiary/aromatic N) is 1. The van der Waals surface area contributed by atoms with Crippen LogP contribution in [0.15, 0.2) is 48.7 Å². The number of benzene rings is 2. The molecule has 0 aliphatic carbocycles. The highest BCUT2D eigenvalue weighted by atomic mass is 19.3. The highest BCUT2D eigenvalue weighted by molar-refractivity contribution is 5.92. The largest absolute Gasteiger partial charge is 0.493 e. The predicted molar refractivity (Wildman–Crippen MR) is 104 cm³/mol. The second kappa shape index (κ2) is 8.72. The molecule has 0 radical (unpaired) electrons. The fraction of sp³-hybridized carbons (Fsp3) is 0.238. The summed E-state index contributed by atoms with van der Waals surface area (Å²) in [7, 11) is 1.33. The van der Waals surface area contributed by atoms with E-state index in [-0.39, 0.29) is 35.4 Å². The Kier molecular flexibility index (Phi) is 6.11. The lowest BCUT2D eigenvalue weighted by molar-refractivity contribution is -0.129. The third kappa shape index (κ3) is 4.71. The van der Waals surface area contributed by atoms with Gasteiger partial charge in [0.1, 0.15) is 0 Å². The summed E-state index contributed by atoms with van der Waals surface area (Å²) < 4.78 is 34.6. The summed E-state index contributed by atoms with van der Waals surface area (Å²) in [5, 5.41) is 2.66. The van der Waals surface area contributed by atoms with Crippen molar-refractivity contribution < 1.29 is 27.8 Å². The lowest BCUT2D eigenvalue weighted by atomic mass is 9.93. The Morgan fingerprint density at radius 3 is 2.62 bits per heavy atom. The minimum absolute atomic E-state index is 0.00198. The molecule has 1 N–H and O–H groups in total. The molecule has 29 heavy (non-hydrogen) atoms. The maximum atomic E-state index is 12.7. The van der Waals surface area contributed by atoms with E-state index in [1.807, 2.05) is 30.3 Å². The molecular formula is C21H20F2N2O4. The number of amides is 2. The molecule has 6 nitrogen and oxygen atoms in total. The number of hydrogen-bond donors (Lipinski definition) is 1. The summed E-state index contributed by atoms with van der Waals surface area (Å²) in [6, 6.07) is 11.2. The fourth-order valence-electron chi connectivity index (χ4n) is 3.24. The van der Waals surface area contributed by atoms with Crippen molar-refractivity contribution in [3.8, 4) is 11.5 Å². The smallest absolute Gasteiger partial charge is 0.387 e. The molecule has 0 fully saturated rings. The Bertz CT molecular complexity index is 946. The Labute approximate surface area is 166 Å². The topological polar surface area (TPSA) is 67.9 Å². The molecule has 2 aromatic rings. The van der Waals surface area contributed by atoms with Gasteiger partial charge in [-0.15, -0.1) is 0 Å². The number of carbonyl (C=O) groups excluding carboxylic acids is 2. The van der Waals surface area contributed by atoms with Gasteiger partial charge in [0.2, 0.25) is 11.8 Å². The van der Waals surface area contributed by atoms with Gasteiger partial charge >= 0.3 is 6.61 Å². The van der Waals surface area contributed by atoms with Crippen LogP contribution in [0.1, 0.15) is 30.5 Å². The summed E-state index contributed by atoms with van der Waals surface area (Å²) in [5.74, 6) is -0.626. The monoisotopic (exact) mass is 402 g/mol. The first-order valence-electron chi connectivity index (χ1n) is 8.87. The quantitative estimate of drug-likeness (QED) is 0.786. The molecule has 1 aliphatic rings. The van der Waals surface area contributed by atoms with E-state index in [0.29, 0.717) is 0 Å². The van der Waals surface area contributed by atoms with E-state index < -0.39 is 12.7 Å². The molecule has 0 saturated carbocycles. The van der Waals surface area contributed by atoms with Gasteiger partial charge in [-0.3, -0.25) is 9.59 Å². The number of nitrogens with one attached hydrogen (secondary N) is 1. The van der Waals surface area contributed by atoms with E-state index in [4.69, 9.17) is 4.74 Å². The van der Waals surface area contributed by atoms with Crippen LogP contribution < -0.4 is 14.8 Å². The number of carbonyl (C=O) groups is 2. The summed E-state index contributed by atoms with van der Waals surface area (Å²) in [6.45, 7) is -1.59. The van der Waals surface area contributed by atoms with Crippen LogP contribution in [-0.4, -0.2) is 30.4 Å². The van der Waals surface area contributed by atoms with Crippen molar-refractivity contribution in [3.05, 3.63) is 59.8 Å². The van der Waals surface area contributed by atoms with E-state index in [0.717, 1.165) is 11.1 Å². The van der Waals surface area contributed by atoms with Gasteiger partial charge in [0.25, 0.3) is 0 Å². The maximum absolute atomic E-state index is 12.7. The first-order chi connectivity index (χ1) is 13.9. The normalized spacial score (nSPS) is 15.1. The van der Waals surface area contributed by atoms with E-state index >= 15 is 0 Å². The third-order valence-electron chi connectivity index (χ3n) is 4.51. The van der Waals surface area contributed by atoms with Gasteiger partial charge in [0.15, 0.2) is 11.5 Å². The first-order valence-corrected chi connectivity index (χ1v) is 8.87. The molecule has 8 heteroatoms. The molecule has 0 aromatic heterocycles. The van der Waals surface area contributed by atoms with Crippen molar-refractivity contribution in [1.29, 1.82) is 0 Å². The summed E-state index contributed by atoms with van der Waals surface area (Å²) >= 11 is 0. The predicted octanol–water partition coefficient (Wildman–Crippen LogP) is 4.20. The molecule has 152 valence electrons. The van der Waals surface area contributed by atoms with Gasteiger partial charge in [0.05, 0.1) is 19.6 Å². The van der Waals surface area contributed by atoms with Crippen LogP contribution in [0.2, 0.25) is 0 Å². The van der Waals surface area contributed by atoms with Gasteiger partial charge in [-0.2, -0.15) is 8.78 Å². The van der Waals surface area contributed by atoms with Crippen molar-refractivity contribution >= 4 is 23.6 Å². The molecule has 0 bridgehead atoms. The molecule has 1 heterocycles. The Morgan fingerprint density at radius 1 is 1.17 bits per heavy atom. The number of anilines is 1. The average Bonchev–Trinajstić information content (AvgIpc) is 2.67. The lowest BCUT2D eigenvalue weighted by Crippen LogP contribution is -2.33. The highest BCUT2D eigenvalue weighted by Crippen LogP contribution is 2.34. The summed E-state index contributed by atoms with van der Waals surface area (Å²) in [6.07, 6.45) is 3.48. The van der Waals surface area contributed by atoms with Gasteiger partial charge in [0, 0.05) is 24.9 Å². The number of ether oxygens (including phenoxy) is 2. The number of hydrogen-bond acceptors (Lipinski definition) is 4. The van der Waals surface area contributed by atoms with Crippen LogP contribution in [0.3, 0.4) is 0 Å². The summed E-state index contributed by atoms with van der Waals surface area (Å²) in [4.78, 5) is 26.2. The maximum Gasteiger partial charge on any atom is 0.387 e. The minimum Gasteiger partial charge on any atom is -0.493 e. The molecule has 3 rings (SSSR count). The molecule has 0 spiro atoms. The minimum atomic E-state index is -3.02. The average molecular weight is 402 g/mol. The Morgan fingerprint density at radius 2 is 1.93 bits per heavy atom. The van der Waals surface area contributed by atoms with Crippen molar-refractivity contribution in [2.45, 2.75) is 26.0 Å². The van der Waals surface area contributed by atoms with Crippen molar-refractivity contribution in [2.75, 3.05) is 12.4 Å². The van der Waals surface area contributed by atoms with Gasteiger partial charge in [-0.25, -0.2) is 0 Å². The van der Waals surface area contributed by atoms with E-state index in [9.17, 15) is 18.4 Å². The highest BCUT2D eigenvalue weighted by Gasteiger charge is 2.28. The molecule has 0 saturated heterocycles. The van der Waals surface area contributed by atoms with Crippen LogP contribution >= 0.6 is 0 Å². The second-order valence-electron chi connectivity index (χ2n) is 6.38. The third-order valence-corrected chi connectivity index (χ3v) is 4.51. The Balaban J connectivity index is 1.79. The number of halogens is 2. The number of rotatable bonds is 6. The first kappa shape index (κ1) is 20.3. The van der Waals surface area contributed by atoms with Gasteiger partial charge in [-0.1, -0.05) is 24.3 Å². The molecule has 0 unspecified atom stereocenters. The fourth-order valence-corrected chi connectivity index (χ4v) is 3.24. The van der Waals surface area contributed by atoms with Gasteiger partial charge < -0.3 is 19.7 Å². The van der Waals surface area contributed by atoms with Crippen LogP contribution in [0.25, 0.3) is 6.08 Å². The molecule has 1 aliphatic heterocycles. The van der Waals surface area contributed by atoms with Crippen LogP contribution in [0.5, 0.6) is 11.5 Å². The van der Waals surface area contributed by atoms with Crippen LogP contribution in [-0.2, 0) is 9.59 Å². The van der Waals surface area contributed by atoms with Gasteiger partial charge in [-0.05, 0) is 29.3 Å². The van der Waals surface area contributed by atoms with Crippen LogP contribution in [0, 0.1) is 0 Å². The standard InChI is InChI=1S/C21H20F2N2O4/c1-13(26)25-10-9-14-5-3-4-6-16(14)17(25)12-20(27)24-15-7-8-18(28-2)19(11-15)29-21(22)23/h3-11,17,21H,12H2,1-2H3,(H,24,27)/t17-/m1/s1. The van der Waals surface area contributed by atoms with Crippen molar-refractivity contribution in [1.82, 2.24) is 4.90 Å². The molecule has 2 amide bonds. The van der Waals surface area contributed by atoms with Crippen molar-refractivity contribution in [3.63, 3.8) is 0 Å². The molecular weight excluding hydrogens is 382 g/mol. The second-order valence-corrected chi connectivity index (χ2v) is 6.38. The number of alkyl halides is 2. The Hall–Kier alpha value is -3.42. The zero-order valence-corrected chi connectivity index (χ0v) is 15.9. The van der Waals surface area contributed by atoms with E-state index in [2.05, 4.69) is 10.1 Å². The lowest BCUT2D eigenvalue weighted by Gasteiger charge is -2.32. The van der Waals surface area contributed by atoms with Crippen molar-refractivity contribution in [2.24, 2.45) is 0 Å². The zero-order valence-electron chi connectivity index (χ0n) is 15.9. The number of methoxy groups -OCH3 is 1. The zero-order chi connectivity index (χ0) is 21.0. The van der Waals surface area contributed by atoms with E-state index in [1.165, 1.54) is 37.1 Å².